The second-order valence-electron chi connectivity index (χ2n) is 21.7. The third-order valence-electron chi connectivity index (χ3n) is 13.1. The number of halogens is 1. The molecule has 3 fully saturated rings. The maximum atomic E-state index is 12.1. The number of phenols is 1. The number of rotatable bonds is 2. The van der Waals surface area contributed by atoms with Crippen LogP contribution in [0.5, 0.6) is 5.75 Å². The van der Waals surface area contributed by atoms with Crippen LogP contribution in [-0.2, 0) is 9.47 Å². The number of likely N-dealkylation sites (tertiary alicyclic amines) is 2. The lowest BCUT2D eigenvalue weighted by Crippen LogP contribution is -2.42. The zero-order chi connectivity index (χ0) is 52.3. The van der Waals surface area contributed by atoms with Crippen molar-refractivity contribution in [1.29, 1.82) is 0 Å². The molecular formula is C60H90ClN11O5. The molecule has 77 heavy (non-hydrogen) atoms. The monoisotopic (exact) mass is 1080 g/mol. The molecule has 0 unspecified atom stereocenters. The minimum atomic E-state index is -0.440. The highest BCUT2D eigenvalue weighted by atomic mass is 35.5. The molecule has 0 bridgehead atoms. The van der Waals surface area contributed by atoms with Crippen LogP contribution >= 0.6 is 12.4 Å². The molecule has 2 amide bonds. The van der Waals surface area contributed by atoms with E-state index in [0.29, 0.717) is 25.2 Å². The summed E-state index contributed by atoms with van der Waals surface area (Å²) in [5, 5.41) is 39.5. The van der Waals surface area contributed by atoms with Crippen molar-refractivity contribution in [3.63, 3.8) is 0 Å². The zero-order valence-corrected chi connectivity index (χ0v) is 45.8. The largest absolute Gasteiger partial charge is 0.508 e. The summed E-state index contributed by atoms with van der Waals surface area (Å²) in [5.41, 5.74) is 7.50. The maximum absolute atomic E-state index is 12.1. The van der Waals surface area contributed by atoms with Crippen LogP contribution < -0.4 is 5.32 Å². The number of aryl methyl sites for hydroxylation is 3. The van der Waals surface area contributed by atoms with Crippen LogP contribution in [-0.4, -0.2) is 118 Å². The van der Waals surface area contributed by atoms with Crippen molar-refractivity contribution in [2.24, 2.45) is 5.92 Å². The SMILES string of the molecule is C.C.C.CC1CCN(C(=O)OC(C)(C)C)CC1.Cc1ccc2[nH]ncc2c1.Cc1ccc2c(cnn2C2CCN(C(=O)OC(C)(C)C)CC2)c1.Cc1ccc2c(cnn2C2CCNCC2)c1.Cl.Oc1ccc2[nH]ncc2c1. The van der Waals surface area contributed by atoms with Crippen LogP contribution in [0.4, 0.5) is 9.59 Å². The number of hydrogen-bond acceptors (Lipinski definition) is 10. The van der Waals surface area contributed by atoms with E-state index in [1.165, 1.54) is 56.7 Å². The number of carbonyl (C=O) groups excluding carboxylic acids is 2. The van der Waals surface area contributed by atoms with Crippen LogP contribution in [0, 0.1) is 26.7 Å². The predicted octanol–water partition coefficient (Wildman–Crippen LogP) is 14.3. The number of nitrogens with zero attached hydrogens (tertiary/aromatic N) is 8. The van der Waals surface area contributed by atoms with Gasteiger partial charge in [-0.1, -0.05) is 64.1 Å². The number of H-pyrrole nitrogens is 2. The number of benzene rings is 4. The Bertz CT molecular complexity index is 2960. The van der Waals surface area contributed by atoms with Gasteiger partial charge >= 0.3 is 12.2 Å². The van der Waals surface area contributed by atoms with E-state index in [-0.39, 0.29) is 58.2 Å². The third-order valence-corrected chi connectivity index (χ3v) is 13.1. The van der Waals surface area contributed by atoms with Crippen molar-refractivity contribution in [3.8, 4) is 5.75 Å². The Hall–Kier alpha value is -6.65. The van der Waals surface area contributed by atoms with E-state index in [0.717, 1.165) is 74.2 Å². The number of aromatic hydroxyl groups is 1. The fraction of sp³-hybridized carbons (Fsp3) is 0.500. The van der Waals surface area contributed by atoms with E-state index in [4.69, 9.17) is 14.6 Å². The molecule has 422 valence electrons. The molecule has 0 spiro atoms. The van der Waals surface area contributed by atoms with E-state index < -0.39 is 5.60 Å². The minimum Gasteiger partial charge on any atom is -0.508 e. The van der Waals surface area contributed by atoms with Gasteiger partial charge in [-0.25, -0.2) is 9.59 Å². The van der Waals surface area contributed by atoms with Gasteiger partial charge in [-0.15, -0.1) is 12.4 Å². The van der Waals surface area contributed by atoms with E-state index in [2.05, 4.69) is 121 Å². The summed E-state index contributed by atoms with van der Waals surface area (Å²) in [6.07, 6.45) is 13.4. The van der Waals surface area contributed by atoms with Gasteiger partial charge in [-0.2, -0.15) is 20.4 Å². The molecule has 0 saturated carbocycles. The Morgan fingerprint density at radius 2 is 0.935 bits per heavy atom. The molecule has 0 atom stereocenters. The van der Waals surface area contributed by atoms with Gasteiger partial charge in [0.25, 0.3) is 0 Å². The molecule has 11 rings (SSSR count). The van der Waals surface area contributed by atoms with Crippen LogP contribution in [0.1, 0.15) is 138 Å². The van der Waals surface area contributed by atoms with Crippen molar-refractivity contribution in [1.82, 2.24) is 55.1 Å². The van der Waals surface area contributed by atoms with E-state index >= 15 is 0 Å². The fourth-order valence-corrected chi connectivity index (χ4v) is 9.11. The number of ether oxygens (including phenoxy) is 2. The molecule has 3 saturated heterocycles. The van der Waals surface area contributed by atoms with E-state index in [1.54, 1.807) is 29.3 Å². The Balaban J connectivity index is 0.000000258. The third kappa shape index (κ3) is 18.8. The van der Waals surface area contributed by atoms with Crippen LogP contribution in [0.2, 0.25) is 0 Å². The van der Waals surface area contributed by atoms with Gasteiger partial charge in [-0.3, -0.25) is 19.6 Å². The van der Waals surface area contributed by atoms with Gasteiger partial charge in [0.15, 0.2) is 0 Å². The second kappa shape index (κ2) is 29.2. The highest BCUT2D eigenvalue weighted by Crippen LogP contribution is 2.28. The molecule has 0 radical (unpaired) electrons. The number of aromatic amines is 2. The van der Waals surface area contributed by atoms with Crippen molar-refractivity contribution in [2.45, 2.75) is 153 Å². The summed E-state index contributed by atoms with van der Waals surface area (Å²) in [5.74, 6) is 1.02. The number of carbonyl (C=O) groups is 2. The van der Waals surface area contributed by atoms with E-state index in [1.807, 2.05) is 71.1 Å². The van der Waals surface area contributed by atoms with Crippen molar-refractivity contribution < 1.29 is 24.2 Å². The lowest BCUT2D eigenvalue weighted by molar-refractivity contribution is 0.0177. The quantitative estimate of drug-likeness (QED) is 0.130. The number of nitrogens with one attached hydrogen (secondary N) is 3. The highest BCUT2D eigenvalue weighted by Gasteiger charge is 2.29. The summed E-state index contributed by atoms with van der Waals surface area (Å²) in [6.45, 7) is 25.3. The number of hydrogen-bond donors (Lipinski definition) is 4. The van der Waals surface area contributed by atoms with Crippen molar-refractivity contribution >= 4 is 68.2 Å². The van der Waals surface area contributed by atoms with Crippen LogP contribution in [0.25, 0.3) is 43.6 Å². The summed E-state index contributed by atoms with van der Waals surface area (Å²) in [7, 11) is 0. The van der Waals surface area contributed by atoms with Gasteiger partial charge in [0, 0.05) is 47.7 Å². The molecule has 4 aromatic heterocycles. The lowest BCUT2D eigenvalue weighted by Gasteiger charge is -2.33. The molecule has 4 N–H and O–H groups in total. The lowest BCUT2D eigenvalue weighted by atomic mass is 10.00. The molecule has 7 heterocycles. The Morgan fingerprint density at radius 1 is 0.545 bits per heavy atom. The first-order chi connectivity index (χ1) is 34.8. The molecule has 4 aromatic carbocycles. The Labute approximate surface area is 464 Å². The summed E-state index contributed by atoms with van der Waals surface area (Å²) in [6, 6.07) is 25.2. The van der Waals surface area contributed by atoms with E-state index in [9.17, 15) is 9.59 Å². The number of amides is 2. The summed E-state index contributed by atoms with van der Waals surface area (Å²) >= 11 is 0. The van der Waals surface area contributed by atoms with Gasteiger partial charge in [0.2, 0.25) is 0 Å². The predicted molar refractivity (Wildman–Crippen MR) is 318 cm³/mol. The first kappa shape index (κ1) is 64.6. The number of aromatic nitrogens is 8. The Morgan fingerprint density at radius 3 is 1.39 bits per heavy atom. The maximum Gasteiger partial charge on any atom is 0.410 e. The van der Waals surface area contributed by atoms with Crippen LogP contribution in [0.15, 0.2) is 97.6 Å². The van der Waals surface area contributed by atoms with Crippen LogP contribution in [0.3, 0.4) is 0 Å². The number of fused-ring (bicyclic) bond motifs is 4. The standard InChI is InChI=1S/C18H25N3O2.C13H17N3.C11H21NO2.C8H8N2.C7H6N2O.3CH4.ClH/c1-13-5-6-16-14(11-13)12-19-21(16)15-7-9-20(10-8-15)17(22)23-18(2,3)4;1-10-2-3-13-11(8-10)9-15-16(13)12-4-6-14-7-5-12;1-9-5-7-12(8-6-9)10(13)14-11(2,3)4;1-6-2-3-8-7(4-6)5-9-10-8;10-6-1-2-7-5(3-6)4-8-9-7;;;;/h5-6,11-12,15H,7-10H2,1-4H3;2-3,8-9,12,14H,4-7H2,1H3;9H,5-8H2,1-4H3;2-5H,1H3,(H,9,10);1-4,10H,(H,8,9);3*1H4;1H. The average Bonchev–Trinajstić information content (AvgIpc) is 4.18. The van der Waals surface area contributed by atoms with Gasteiger partial charge in [0.1, 0.15) is 17.0 Å². The molecular weight excluding hydrogens is 990 g/mol. The topological polar surface area (TPSA) is 184 Å². The molecule has 17 heteroatoms. The van der Waals surface area contributed by atoms with Crippen molar-refractivity contribution in [3.05, 3.63) is 114 Å². The van der Waals surface area contributed by atoms with Gasteiger partial charge < -0.3 is 29.7 Å². The summed E-state index contributed by atoms with van der Waals surface area (Å²) < 4.78 is 15.1. The smallest absolute Gasteiger partial charge is 0.410 e. The average molecular weight is 1080 g/mol. The minimum absolute atomic E-state index is 0. The zero-order valence-electron chi connectivity index (χ0n) is 45.0. The summed E-state index contributed by atoms with van der Waals surface area (Å²) in [4.78, 5) is 27.4. The Kier molecular flexibility index (Phi) is 24.5. The fourth-order valence-electron chi connectivity index (χ4n) is 9.11. The second-order valence-corrected chi connectivity index (χ2v) is 21.7. The molecule has 0 aliphatic carbocycles. The number of phenolic OH excluding ortho intramolecular Hbond substituents is 1. The first-order valence-corrected chi connectivity index (χ1v) is 25.8. The molecule has 3 aliphatic heterocycles. The first-order valence-electron chi connectivity index (χ1n) is 25.8. The van der Waals surface area contributed by atoms with Gasteiger partial charge in [-0.05, 0) is 174 Å². The molecule has 16 nitrogen and oxygen atoms in total. The normalized spacial score (nSPS) is 15.0. The highest BCUT2D eigenvalue weighted by molar-refractivity contribution is 5.85. The van der Waals surface area contributed by atoms with Gasteiger partial charge in [0.05, 0.1) is 58.9 Å². The molecule has 3 aliphatic rings. The molecule has 8 aromatic rings. The number of piperidine rings is 3. The van der Waals surface area contributed by atoms with Crippen molar-refractivity contribution in [2.75, 3.05) is 39.3 Å².